The average Bonchev–Trinajstić information content (AvgIpc) is 2.38. The van der Waals surface area contributed by atoms with Crippen molar-refractivity contribution in [2.75, 3.05) is 13.7 Å². The summed E-state index contributed by atoms with van der Waals surface area (Å²) in [5.74, 6) is 0.807. The van der Waals surface area contributed by atoms with Crippen molar-refractivity contribution in [3.05, 3.63) is 24.0 Å². The van der Waals surface area contributed by atoms with E-state index in [4.69, 9.17) is 9.47 Å². The second-order valence-electron chi connectivity index (χ2n) is 4.84. The van der Waals surface area contributed by atoms with Crippen LogP contribution in [-0.4, -0.2) is 30.8 Å². The SMILES string of the molecule is CCNC(c1cncc(OC(C)C)c1)C(CC)OC. The highest BCUT2D eigenvalue weighted by atomic mass is 16.5. The predicted octanol–water partition coefficient (Wildman–Crippen LogP) is 2.94. The average molecular weight is 266 g/mol. The van der Waals surface area contributed by atoms with Crippen LogP contribution in [0.5, 0.6) is 5.75 Å². The number of pyridine rings is 1. The summed E-state index contributed by atoms with van der Waals surface area (Å²) in [5.41, 5.74) is 1.11. The Balaban J connectivity index is 2.94. The molecule has 0 aliphatic carbocycles. The Morgan fingerprint density at radius 1 is 1.26 bits per heavy atom. The maximum absolute atomic E-state index is 5.70. The summed E-state index contributed by atoms with van der Waals surface area (Å²) in [6, 6.07) is 2.19. The van der Waals surface area contributed by atoms with Crippen molar-refractivity contribution in [2.45, 2.75) is 52.4 Å². The van der Waals surface area contributed by atoms with E-state index in [0.29, 0.717) is 0 Å². The van der Waals surface area contributed by atoms with Crippen LogP contribution in [0, 0.1) is 0 Å². The fraction of sp³-hybridized carbons (Fsp3) is 0.667. The lowest BCUT2D eigenvalue weighted by molar-refractivity contribution is 0.0653. The summed E-state index contributed by atoms with van der Waals surface area (Å²) in [7, 11) is 1.75. The zero-order chi connectivity index (χ0) is 14.3. The van der Waals surface area contributed by atoms with Crippen LogP contribution in [0.1, 0.15) is 45.7 Å². The van der Waals surface area contributed by atoms with Gasteiger partial charge in [0.15, 0.2) is 0 Å². The number of rotatable bonds is 8. The van der Waals surface area contributed by atoms with Crippen LogP contribution in [0.2, 0.25) is 0 Å². The van der Waals surface area contributed by atoms with E-state index in [0.717, 1.165) is 24.3 Å². The van der Waals surface area contributed by atoms with Gasteiger partial charge in [-0.15, -0.1) is 0 Å². The second kappa shape index (κ2) is 8.12. The molecule has 2 unspecified atom stereocenters. The molecule has 1 heterocycles. The van der Waals surface area contributed by atoms with E-state index in [1.165, 1.54) is 0 Å². The molecule has 4 heteroatoms. The highest BCUT2D eigenvalue weighted by molar-refractivity contribution is 5.27. The van der Waals surface area contributed by atoms with Gasteiger partial charge in [0.05, 0.1) is 24.4 Å². The van der Waals surface area contributed by atoms with Gasteiger partial charge in [0.25, 0.3) is 0 Å². The fourth-order valence-electron chi connectivity index (χ4n) is 2.16. The Bertz CT molecular complexity index is 365. The second-order valence-corrected chi connectivity index (χ2v) is 4.84. The van der Waals surface area contributed by atoms with Crippen LogP contribution < -0.4 is 10.1 Å². The number of nitrogens with one attached hydrogen (secondary N) is 1. The lowest BCUT2D eigenvalue weighted by Gasteiger charge is -2.26. The van der Waals surface area contributed by atoms with E-state index >= 15 is 0 Å². The molecule has 0 bridgehead atoms. The molecule has 0 radical (unpaired) electrons. The van der Waals surface area contributed by atoms with Gasteiger partial charge in [-0.2, -0.15) is 0 Å². The largest absolute Gasteiger partial charge is 0.489 e. The highest BCUT2D eigenvalue weighted by Crippen LogP contribution is 2.24. The molecule has 1 aromatic heterocycles. The van der Waals surface area contributed by atoms with Crippen LogP contribution >= 0.6 is 0 Å². The third-order valence-electron chi connectivity index (χ3n) is 2.97. The van der Waals surface area contributed by atoms with Gasteiger partial charge in [-0.05, 0) is 38.4 Å². The molecule has 4 nitrogen and oxygen atoms in total. The van der Waals surface area contributed by atoms with Gasteiger partial charge < -0.3 is 14.8 Å². The van der Waals surface area contributed by atoms with Crippen molar-refractivity contribution in [1.82, 2.24) is 10.3 Å². The van der Waals surface area contributed by atoms with Crippen molar-refractivity contribution >= 4 is 0 Å². The first kappa shape index (κ1) is 15.9. The molecule has 0 aliphatic heterocycles. The summed E-state index contributed by atoms with van der Waals surface area (Å²) in [6.07, 6.45) is 4.86. The van der Waals surface area contributed by atoms with Crippen molar-refractivity contribution in [3.63, 3.8) is 0 Å². The van der Waals surface area contributed by atoms with Crippen LogP contribution in [0.4, 0.5) is 0 Å². The van der Waals surface area contributed by atoms with Gasteiger partial charge in [0.2, 0.25) is 0 Å². The maximum Gasteiger partial charge on any atom is 0.138 e. The lowest BCUT2D eigenvalue weighted by Crippen LogP contribution is -2.33. The number of hydrogen-bond donors (Lipinski definition) is 1. The summed E-state index contributed by atoms with van der Waals surface area (Å²) < 4.78 is 11.3. The molecule has 0 amide bonds. The maximum atomic E-state index is 5.70. The summed E-state index contributed by atoms with van der Waals surface area (Å²) >= 11 is 0. The molecular weight excluding hydrogens is 240 g/mol. The molecule has 1 aromatic rings. The van der Waals surface area contributed by atoms with Crippen LogP contribution in [-0.2, 0) is 4.74 Å². The Morgan fingerprint density at radius 3 is 2.53 bits per heavy atom. The molecule has 2 atom stereocenters. The summed E-state index contributed by atoms with van der Waals surface area (Å²) in [5, 5.41) is 3.46. The van der Waals surface area contributed by atoms with Crippen molar-refractivity contribution in [1.29, 1.82) is 0 Å². The van der Waals surface area contributed by atoms with E-state index in [1.807, 2.05) is 26.1 Å². The van der Waals surface area contributed by atoms with Gasteiger partial charge in [0, 0.05) is 13.3 Å². The number of hydrogen-bond acceptors (Lipinski definition) is 4. The highest BCUT2D eigenvalue weighted by Gasteiger charge is 2.21. The van der Waals surface area contributed by atoms with E-state index in [9.17, 15) is 0 Å². The molecule has 0 spiro atoms. The first-order valence-electron chi connectivity index (χ1n) is 7.00. The van der Waals surface area contributed by atoms with Crippen molar-refractivity contribution in [2.24, 2.45) is 0 Å². The zero-order valence-corrected chi connectivity index (χ0v) is 12.6. The minimum absolute atomic E-state index is 0.135. The quantitative estimate of drug-likeness (QED) is 0.785. The third kappa shape index (κ3) is 4.80. The molecular formula is C15H26N2O2. The molecule has 0 fully saturated rings. The molecule has 1 N–H and O–H groups in total. The molecule has 0 saturated heterocycles. The van der Waals surface area contributed by atoms with Gasteiger partial charge in [-0.25, -0.2) is 0 Å². The van der Waals surface area contributed by atoms with Gasteiger partial charge in [-0.3, -0.25) is 4.98 Å². The Morgan fingerprint density at radius 2 is 2.00 bits per heavy atom. The molecule has 1 rings (SSSR count). The third-order valence-corrected chi connectivity index (χ3v) is 2.97. The van der Waals surface area contributed by atoms with Crippen LogP contribution in [0.15, 0.2) is 18.5 Å². The minimum Gasteiger partial charge on any atom is -0.489 e. The monoisotopic (exact) mass is 266 g/mol. The Kier molecular flexibility index (Phi) is 6.81. The standard InChI is InChI=1S/C15H26N2O2/c1-6-14(18-5)15(17-7-2)12-8-13(10-16-9-12)19-11(3)4/h8-11,14-15,17H,6-7H2,1-5H3. The number of ether oxygens (including phenoxy) is 2. The summed E-state index contributed by atoms with van der Waals surface area (Å²) in [6.45, 7) is 9.13. The smallest absolute Gasteiger partial charge is 0.138 e. The van der Waals surface area contributed by atoms with E-state index in [-0.39, 0.29) is 18.2 Å². The molecule has 19 heavy (non-hydrogen) atoms. The van der Waals surface area contributed by atoms with Crippen LogP contribution in [0.25, 0.3) is 0 Å². The number of methoxy groups -OCH3 is 1. The number of nitrogens with zero attached hydrogens (tertiary/aromatic N) is 1. The summed E-state index contributed by atoms with van der Waals surface area (Å²) in [4.78, 5) is 4.27. The van der Waals surface area contributed by atoms with Gasteiger partial charge in [-0.1, -0.05) is 13.8 Å². The van der Waals surface area contributed by atoms with E-state index < -0.39 is 0 Å². The minimum atomic E-state index is 0.135. The normalized spacial score (nSPS) is 14.4. The topological polar surface area (TPSA) is 43.4 Å². The first-order valence-corrected chi connectivity index (χ1v) is 7.00. The van der Waals surface area contributed by atoms with Crippen molar-refractivity contribution < 1.29 is 9.47 Å². The zero-order valence-electron chi connectivity index (χ0n) is 12.6. The van der Waals surface area contributed by atoms with Gasteiger partial charge in [0.1, 0.15) is 5.75 Å². The number of aromatic nitrogens is 1. The van der Waals surface area contributed by atoms with Gasteiger partial charge >= 0.3 is 0 Å². The molecule has 108 valence electrons. The first-order chi connectivity index (χ1) is 9.12. The van der Waals surface area contributed by atoms with E-state index in [1.54, 1.807) is 13.3 Å². The predicted molar refractivity (Wildman–Crippen MR) is 77.5 cm³/mol. The van der Waals surface area contributed by atoms with Crippen LogP contribution in [0.3, 0.4) is 0 Å². The molecule has 0 aliphatic rings. The fourth-order valence-corrected chi connectivity index (χ4v) is 2.16. The molecule has 0 aromatic carbocycles. The van der Waals surface area contributed by atoms with Crippen molar-refractivity contribution in [3.8, 4) is 5.75 Å². The lowest BCUT2D eigenvalue weighted by atomic mass is 10.0. The van der Waals surface area contributed by atoms with E-state index in [2.05, 4.69) is 24.1 Å². The molecule has 0 saturated carbocycles. The Labute approximate surface area is 116 Å². The number of likely N-dealkylation sites (N-methyl/N-ethyl adjacent to an activating group) is 1. The Hall–Kier alpha value is -1.13.